The van der Waals surface area contributed by atoms with Gasteiger partial charge in [-0.25, -0.2) is 0 Å². The molecule has 0 amide bonds. The fourth-order valence-electron chi connectivity index (χ4n) is 0.908. The van der Waals surface area contributed by atoms with Crippen LogP contribution in [-0.4, -0.2) is 17.4 Å². The molecule has 0 aliphatic heterocycles. The number of thiocarbonyl (C=S) groups is 1. The lowest BCUT2D eigenvalue weighted by molar-refractivity contribution is 0.414. The topological polar surface area (TPSA) is 54.2 Å². The number of azo groups is 1. The normalized spacial score (nSPS) is 9.67. The molecule has 1 aromatic carbocycles. The minimum absolute atomic E-state index is 0. The molecule has 82 valence electrons. The maximum atomic E-state index is 8.56. The van der Waals surface area contributed by atoms with Crippen molar-refractivity contribution < 1.29 is 9.84 Å². The molecule has 0 aromatic heterocycles. The lowest BCUT2D eigenvalue weighted by Gasteiger charge is -1.99. The maximum Gasteiger partial charge on any atom is 0.299 e. The van der Waals surface area contributed by atoms with E-state index in [-0.39, 0.29) is 12.4 Å². The summed E-state index contributed by atoms with van der Waals surface area (Å²) < 4.78 is 5.00. The first-order valence-corrected chi connectivity index (χ1v) is 4.36. The van der Waals surface area contributed by atoms with E-state index in [0.29, 0.717) is 6.54 Å². The number of rotatable bonds is 3. The Morgan fingerprint density at radius 2 is 2.00 bits per heavy atom. The van der Waals surface area contributed by atoms with Gasteiger partial charge in [0.2, 0.25) is 0 Å². The lowest BCUT2D eigenvalue weighted by Crippen LogP contribution is -1.86. The molecule has 15 heavy (non-hydrogen) atoms. The summed E-state index contributed by atoms with van der Waals surface area (Å²) in [7, 11) is 1.61. The molecule has 0 saturated carbocycles. The zero-order valence-electron chi connectivity index (χ0n) is 8.08. The van der Waals surface area contributed by atoms with Gasteiger partial charge in [-0.15, -0.1) is 17.5 Å². The van der Waals surface area contributed by atoms with Gasteiger partial charge < -0.3 is 9.84 Å². The van der Waals surface area contributed by atoms with Crippen molar-refractivity contribution in [1.29, 1.82) is 0 Å². The fourth-order valence-corrected chi connectivity index (χ4v) is 0.966. The summed E-state index contributed by atoms with van der Waals surface area (Å²) in [5.41, 5.74) is 0.978. The Bertz CT molecular complexity index is 340. The third kappa shape index (κ3) is 5.29. The molecular weight excluding hydrogens is 236 g/mol. The Labute approximate surface area is 99.4 Å². The molecule has 0 unspecified atom stereocenters. The van der Waals surface area contributed by atoms with Gasteiger partial charge in [0, 0.05) is 0 Å². The highest BCUT2D eigenvalue weighted by molar-refractivity contribution is 7.79. The summed E-state index contributed by atoms with van der Waals surface area (Å²) in [4.78, 5) is 0. The van der Waals surface area contributed by atoms with Gasteiger partial charge >= 0.3 is 0 Å². The van der Waals surface area contributed by atoms with Crippen molar-refractivity contribution in [2.24, 2.45) is 10.2 Å². The summed E-state index contributed by atoms with van der Waals surface area (Å²) >= 11 is 4.33. The van der Waals surface area contributed by atoms with Gasteiger partial charge in [0.1, 0.15) is 5.75 Å². The van der Waals surface area contributed by atoms with Crippen LogP contribution in [0.2, 0.25) is 0 Å². The van der Waals surface area contributed by atoms with Crippen LogP contribution < -0.4 is 4.74 Å². The van der Waals surface area contributed by atoms with Crippen molar-refractivity contribution in [1.82, 2.24) is 0 Å². The molecule has 0 aliphatic carbocycles. The molecule has 6 heteroatoms. The SMILES string of the molecule is COc1ccc(CN=NC(O)=S)cc1.Cl. The number of benzene rings is 1. The van der Waals surface area contributed by atoms with Crippen LogP contribution in [0.3, 0.4) is 0 Å². The zero-order valence-corrected chi connectivity index (χ0v) is 9.72. The number of halogens is 1. The van der Waals surface area contributed by atoms with E-state index in [1.165, 1.54) is 0 Å². The van der Waals surface area contributed by atoms with E-state index >= 15 is 0 Å². The maximum absolute atomic E-state index is 8.56. The third-order valence-electron chi connectivity index (χ3n) is 1.57. The van der Waals surface area contributed by atoms with Crippen LogP contribution in [0.15, 0.2) is 34.5 Å². The predicted octanol–water partition coefficient (Wildman–Crippen LogP) is 2.91. The van der Waals surface area contributed by atoms with Gasteiger partial charge in [-0.1, -0.05) is 12.1 Å². The second kappa shape index (κ2) is 7.14. The first kappa shape index (κ1) is 13.8. The van der Waals surface area contributed by atoms with Crippen LogP contribution in [-0.2, 0) is 6.54 Å². The van der Waals surface area contributed by atoms with Crippen molar-refractivity contribution in [3.05, 3.63) is 29.8 Å². The van der Waals surface area contributed by atoms with Crippen molar-refractivity contribution in [3.63, 3.8) is 0 Å². The average Bonchev–Trinajstić information content (AvgIpc) is 2.18. The molecule has 0 fully saturated rings. The number of nitrogens with zero attached hydrogens (tertiary/aromatic N) is 2. The Morgan fingerprint density at radius 3 is 2.47 bits per heavy atom. The standard InChI is InChI=1S/C9H10N2O2S.ClH/c1-13-8-4-2-7(3-5-8)6-10-11-9(12)14;/h2-5H,6H2,1H3,(H,12,14);1H. The van der Waals surface area contributed by atoms with Gasteiger partial charge in [0.25, 0.3) is 5.17 Å². The first-order valence-electron chi connectivity index (χ1n) is 3.95. The minimum Gasteiger partial charge on any atom is -0.497 e. The highest BCUT2D eigenvalue weighted by atomic mass is 35.5. The Hall–Kier alpha value is -1.20. The largest absolute Gasteiger partial charge is 0.497 e. The summed E-state index contributed by atoms with van der Waals surface area (Å²) in [6.07, 6.45) is 0. The number of ether oxygens (including phenoxy) is 1. The van der Waals surface area contributed by atoms with Crippen LogP contribution in [0.1, 0.15) is 5.56 Å². The average molecular weight is 247 g/mol. The second-order valence-corrected chi connectivity index (χ2v) is 2.90. The van der Waals surface area contributed by atoms with Gasteiger partial charge in [-0.05, 0) is 29.9 Å². The Balaban J connectivity index is 0.00000196. The number of hydrogen-bond donors (Lipinski definition) is 1. The number of aliphatic hydroxyl groups is 1. The predicted molar refractivity (Wildman–Crippen MR) is 64.0 cm³/mol. The summed E-state index contributed by atoms with van der Waals surface area (Å²) in [6.45, 7) is 0.394. The van der Waals surface area contributed by atoms with Gasteiger partial charge in [0.05, 0.1) is 13.7 Å². The second-order valence-electron chi connectivity index (χ2n) is 2.53. The van der Waals surface area contributed by atoms with E-state index in [0.717, 1.165) is 11.3 Å². The molecule has 0 bridgehead atoms. The van der Waals surface area contributed by atoms with E-state index in [1.807, 2.05) is 24.3 Å². The Morgan fingerprint density at radius 1 is 1.40 bits per heavy atom. The van der Waals surface area contributed by atoms with Crippen molar-refractivity contribution in [3.8, 4) is 5.75 Å². The van der Waals surface area contributed by atoms with Crippen molar-refractivity contribution >= 4 is 29.8 Å². The van der Waals surface area contributed by atoms with Crippen LogP contribution >= 0.6 is 24.6 Å². The quantitative estimate of drug-likeness (QED) is 0.659. The van der Waals surface area contributed by atoms with Crippen LogP contribution in [0.25, 0.3) is 0 Å². The number of aliphatic hydroxyl groups excluding tert-OH is 1. The van der Waals surface area contributed by atoms with Crippen LogP contribution in [0.4, 0.5) is 0 Å². The molecule has 1 rings (SSSR count). The molecule has 4 nitrogen and oxygen atoms in total. The molecule has 0 saturated heterocycles. The van der Waals surface area contributed by atoms with E-state index < -0.39 is 5.17 Å². The van der Waals surface area contributed by atoms with Crippen molar-refractivity contribution in [2.75, 3.05) is 7.11 Å². The Kier molecular flexibility index (Phi) is 6.57. The van der Waals surface area contributed by atoms with Gasteiger partial charge in [-0.3, -0.25) is 0 Å². The fraction of sp³-hybridized carbons (Fsp3) is 0.222. The highest BCUT2D eigenvalue weighted by Crippen LogP contribution is 2.11. The molecular formula is C9H11ClN2O2S. The molecule has 0 radical (unpaired) electrons. The third-order valence-corrected chi connectivity index (χ3v) is 1.65. The molecule has 0 heterocycles. The zero-order chi connectivity index (χ0) is 10.4. The van der Waals surface area contributed by atoms with Crippen LogP contribution in [0, 0.1) is 0 Å². The summed E-state index contributed by atoms with van der Waals surface area (Å²) in [5.74, 6) is 0.795. The van der Waals surface area contributed by atoms with Crippen LogP contribution in [0.5, 0.6) is 5.75 Å². The van der Waals surface area contributed by atoms with E-state index in [2.05, 4.69) is 22.4 Å². The summed E-state index contributed by atoms with van der Waals surface area (Å²) in [5, 5.41) is 15.2. The number of methoxy groups -OCH3 is 1. The van der Waals surface area contributed by atoms with Crippen molar-refractivity contribution in [2.45, 2.75) is 6.54 Å². The first-order chi connectivity index (χ1) is 6.72. The molecule has 0 aliphatic rings. The smallest absolute Gasteiger partial charge is 0.299 e. The lowest BCUT2D eigenvalue weighted by atomic mass is 10.2. The van der Waals surface area contributed by atoms with Gasteiger partial charge in [-0.2, -0.15) is 5.11 Å². The molecule has 0 atom stereocenters. The van der Waals surface area contributed by atoms with E-state index in [4.69, 9.17) is 9.84 Å². The highest BCUT2D eigenvalue weighted by Gasteiger charge is 1.92. The molecule has 1 aromatic rings. The number of hydrogen-bond acceptors (Lipinski definition) is 3. The monoisotopic (exact) mass is 246 g/mol. The minimum atomic E-state index is -0.446. The summed E-state index contributed by atoms with van der Waals surface area (Å²) in [6, 6.07) is 7.42. The molecule has 1 N–H and O–H groups in total. The van der Waals surface area contributed by atoms with E-state index in [9.17, 15) is 0 Å². The van der Waals surface area contributed by atoms with Gasteiger partial charge in [0.15, 0.2) is 0 Å². The van der Waals surface area contributed by atoms with E-state index in [1.54, 1.807) is 7.11 Å². The molecule has 0 spiro atoms.